The zero-order chi connectivity index (χ0) is 14.9. The molecule has 3 rings (SSSR count). The summed E-state index contributed by atoms with van der Waals surface area (Å²) in [5, 5.41) is 0. The van der Waals surface area contributed by atoms with Gasteiger partial charge in [0.15, 0.2) is 0 Å². The third-order valence-electron chi connectivity index (χ3n) is 4.61. The van der Waals surface area contributed by atoms with E-state index in [-0.39, 0.29) is 0 Å². The number of rotatable bonds is 3. The lowest BCUT2D eigenvalue weighted by atomic mass is 10.2. The third kappa shape index (κ3) is 3.07. The number of nitrogens with zero attached hydrogens (tertiary/aromatic N) is 2. The van der Waals surface area contributed by atoms with E-state index >= 15 is 0 Å². The predicted molar refractivity (Wildman–Crippen MR) is 83.4 cm³/mol. The second kappa shape index (κ2) is 5.94. The summed E-state index contributed by atoms with van der Waals surface area (Å²) in [4.78, 5) is 2.76. The van der Waals surface area contributed by atoms with Gasteiger partial charge in [-0.2, -0.15) is 4.31 Å². The molecule has 6 heteroatoms. The first-order chi connectivity index (χ1) is 10.1. The number of hydrogen-bond donors (Lipinski definition) is 1. The number of nitrogens with two attached hydrogens (primary N) is 1. The molecule has 1 aliphatic carbocycles. The molecule has 0 spiro atoms. The maximum Gasteiger partial charge on any atom is 0.243 e. The monoisotopic (exact) mass is 309 g/mol. The molecule has 0 bridgehead atoms. The van der Waals surface area contributed by atoms with Crippen LogP contribution >= 0.6 is 0 Å². The average Bonchev–Trinajstić information content (AvgIpc) is 3.02. The van der Waals surface area contributed by atoms with Crippen LogP contribution in [0.2, 0.25) is 0 Å². The van der Waals surface area contributed by atoms with Gasteiger partial charge in [0.2, 0.25) is 10.0 Å². The van der Waals surface area contributed by atoms with Gasteiger partial charge in [-0.25, -0.2) is 8.42 Å². The molecule has 1 aromatic rings. The molecule has 5 nitrogen and oxygen atoms in total. The minimum atomic E-state index is -3.40. The minimum absolute atomic E-state index is 0.303. The van der Waals surface area contributed by atoms with Crippen molar-refractivity contribution in [3.05, 3.63) is 24.3 Å². The number of sulfonamides is 1. The summed E-state index contributed by atoms with van der Waals surface area (Å²) >= 11 is 0. The van der Waals surface area contributed by atoms with E-state index < -0.39 is 10.0 Å². The van der Waals surface area contributed by atoms with Crippen LogP contribution < -0.4 is 5.73 Å². The van der Waals surface area contributed by atoms with Gasteiger partial charge in [0.1, 0.15) is 0 Å². The van der Waals surface area contributed by atoms with Crippen LogP contribution in [0.25, 0.3) is 0 Å². The summed E-state index contributed by atoms with van der Waals surface area (Å²) in [6.45, 7) is 2.83. The highest BCUT2D eigenvalue weighted by Crippen LogP contribution is 2.26. The fraction of sp³-hybridized carbons (Fsp3) is 0.600. The van der Waals surface area contributed by atoms with Crippen LogP contribution in [0.5, 0.6) is 0 Å². The van der Waals surface area contributed by atoms with Crippen LogP contribution in [0.4, 0.5) is 5.69 Å². The Kier molecular flexibility index (Phi) is 4.19. The maximum absolute atomic E-state index is 12.6. The van der Waals surface area contributed by atoms with Gasteiger partial charge in [-0.15, -0.1) is 0 Å². The summed E-state index contributed by atoms with van der Waals surface area (Å²) in [5.74, 6) is 0. The number of nitrogen functional groups attached to an aromatic ring is 1. The summed E-state index contributed by atoms with van der Waals surface area (Å²) in [7, 11) is -3.40. The highest BCUT2D eigenvalue weighted by molar-refractivity contribution is 7.89. The quantitative estimate of drug-likeness (QED) is 0.860. The molecule has 2 fully saturated rings. The smallest absolute Gasteiger partial charge is 0.243 e. The Morgan fingerprint density at radius 2 is 1.71 bits per heavy atom. The first-order valence-corrected chi connectivity index (χ1v) is 9.11. The first kappa shape index (κ1) is 14.8. The SMILES string of the molecule is Nc1cccc(S(=O)(=O)N2CCN(C3CCCC3)CC2)c1. The standard InChI is InChI=1S/C15H23N3O2S/c16-13-4-3-7-15(12-13)21(19,20)18-10-8-17(9-11-18)14-5-1-2-6-14/h3-4,7,12,14H,1-2,5-6,8-11,16H2. The molecule has 1 saturated carbocycles. The third-order valence-corrected chi connectivity index (χ3v) is 6.50. The van der Waals surface area contributed by atoms with Gasteiger partial charge in [-0.3, -0.25) is 4.90 Å². The number of hydrogen-bond acceptors (Lipinski definition) is 4. The molecule has 21 heavy (non-hydrogen) atoms. The van der Waals surface area contributed by atoms with Gasteiger partial charge in [0.05, 0.1) is 4.90 Å². The molecule has 116 valence electrons. The Bertz CT molecular complexity index is 589. The second-order valence-electron chi connectivity index (χ2n) is 5.95. The van der Waals surface area contributed by atoms with Crippen molar-refractivity contribution in [1.82, 2.24) is 9.21 Å². The maximum atomic E-state index is 12.6. The molecule has 1 aliphatic heterocycles. The van der Waals surface area contributed by atoms with Gasteiger partial charge in [0, 0.05) is 37.9 Å². The summed E-state index contributed by atoms with van der Waals surface area (Å²) in [6, 6.07) is 7.23. The minimum Gasteiger partial charge on any atom is -0.399 e. The van der Waals surface area contributed by atoms with Crippen LogP contribution in [-0.4, -0.2) is 49.8 Å². The molecular weight excluding hydrogens is 286 g/mol. The van der Waals surface area contributed by atoms with Crippen LogP contribution in [0.1, 0.15) is 25.7 Å². The Morgan fingerprint density at radius 1 is 1.05 bits per heavy atom. The van der Waals surface area contributed by atoms with Crippen molar-refractivity contribution in [2.24, 2.45) is 0 Å². The van der Waals surface area contributed by atoms with Gasteiger partial charge in [-0.1, -0.05) is 18.9 Å². The Labute approximate surface area is 126 Å². The normalized spacial score (nSPS) is 22.7. The molecule has 0 atom stereocenters. The van der Waals surface area contributed by atoms with E-state index in [1.165, 1.54) is 25.7 Å². The Hall–Kier alpha value is -1.11. The molecule has 0 amide bonds. The van der Waals surface area contributed by atoms with Gasteiger partial charge >= 0.3 is 0 Å². The Balaban J connectivity index is 1.68. The molecule has 2 N–H and O–H groups in total. The molecule has 0 aromatic heterocycles. The first-order valence-electron chi connectivity index (χ1n) is 7.67. The van der Waals surface area contributed by atoms with Crippen LogP contribution in [0.3, 0.4) is 0 Å². The van der Waals surface area contributed by atoms with Crippen molar-refractivity contribution in [2.45, 2.75) is 36.6 Å². The van der Waals surface area contributed by atoms with E-state index in [1.54, 1.807) is 28.6 Å². The average molecular weight is 309 g/mol. The highest BCUT2D eigenvalue weighted by atomic mass is 32.2. The number of benzene rings is 1. The Morgan fingerprint density at radius 3 is 2.33 bits per heavy atom. The summed E-state index contributed by atoms with van der Waals surface area (Å²) in [5.41, 5.74) is 6.19. The molecule has 2 aliphatic rings. The highest BCUT2D eigenvalue weighted by Gasteiger charge is 2.31. The molecule has 0 radical (unpaired) electrons. The lowest BCUT2D eigenvalue weighted by Crippen LogP contribution is -2.51. The largest absolute Gasteiger partial charge is 0.399 e. The van der Waals surface area contributed by atoms with Crippen LogP contribution in [-0.2, 0) is 10.0 Å². The fourth-order valence-electron chi connectivity index (χ4n) is 3.40. The predicted octanol–water partition coefficient (Wildman–Crippen LogP) is 1.52. The molecule has 1 heterocycles. The van der Waals surface area contributed by atoms with Crippen molar-refractivity contribution < 1.29 is 8.42 Å². The van der Waals surface area contributed by atoms with E-state index in [4.69, 9.17) is 5.73 Å². The number of piperazine rings is 1. The molecule has 1 aromatic carbocycles. The second-order valence-corrected chi connectivity index (χ2v) is 7.89. The van der Waals surface area contributed by atoms with E-state index in [1.807, 2.05) is 0 Å². The van der Waals surface area contributed by atoms with E-state index in [9.17, 15) is 8.42 Å². The van der Waals surface area contributed by atoms with Crippen molar-refractivity contribution in [1.29, 1.82) is 0 Å². The zero-order valence-corrected chi connectivity index (χ0v) is 13.1. The van der Waals surface area contributed by atoms with E-state index in [0.717, 1.165) is 13.1 Å². The van der Waals surface area contributed by atoms with E-state index in [0.29, 0.717) is 29.7 Å². The van der Waals surface area contributed by atoms with Crippen LogP contribution in [0.15, 0.2) is 29.2 Å². The fourth-order valence-corrected chi connectivity index (χ4v) is 4.88. The lowest BCUT2D eigenvalue weighted by Gasteiger charge is -2.37. The van der Waals surface area contributed by atoms with Crippen molar-refractivity contribution in [3.8, 4) is 0 Å². The summed E-state index contributed by atoms with van der Waals surface area (Å²) < 4.78 is 26.8. The van der Waals surface area contributed by atoms with Gasteiger partial charge in [0.25, 0.3) is 0 Å². The molecular formula is C15H23N3O2S. The summed E-state index contributed by atoms with van der Waals surface area (Å²) in [6.07, 6.45) is 5.16. The van der Waals surface area contributed by atoms with Crippen molar-refractivity contribution in [3.63, 3.8) is 0 Å². The zero-order valence-electron chi connectivity index (χ0n) is 12.2. The van der Waals surface area contributed by atoms with Crippen LogP contribution in [0, 0.1) is 0 Å². The van der Waals surface area contributed by atoms with Gasteiger partial charge in [-0.05, 0) is 31.0 Å². The van der Waals surface area contributed by atoms with E-state index in [2.05, 4.69) is 4.90 Å². The molecule has 1 saturated heterocycles. The lowest BCUT2D eigenvalue weighted by molar-refractivity contribution is 0.139. The van der Waals surface area contributed by atoms with Crippen molar-refractivity contribution in [2.75, 3.05) is 31.9 Å². The molecule has 0 unspecified atom stereocenters. The number of anilines is 1. The van der Waals surface area contributed by atoms with Gasteiger partial charge < -0.3 is 5.73 Å². The topological polar surface area (TPSA) is 66.6 Å². The van der Waals surface area contributed by atoms with Crippen molar-refractivity contribution >= 4 is 15.7 Å².